The van der Waals surface area contributed by atoms with Crippen molar-refractivity contribution in [3.8, 4) is 6.07 Å². The summed E-state index contributed by atoms with van der Waals surface area (Å²) in [6.45, 7) is 8.11. The Kier molecular flexibility index (Phi) is 5.39. The molecule has 3 atom stereocenters. The van der Waals surface area contributed by atoms with Crippen molar-refractivity contribution in [3.63, 3.8) is 0 Å². The molecule has 5 nitrogen and oxygen atoms in total. The molecule has 3 unspecified atom stereocenters. The van der Waals surface area contributed by atoms with E-state index in [2.05, 4.69) is 16.7 Å². The molecule has 1 rings (SSSR count). The first-order valence-corrected chi connectivity index (χ1v) is 6.26. The van der Waals surface area contributed by atoms with Crippen molar-refractivity contribution in [1.82, 2.24) is 15.5 Å². The third kappa shape index (κ3) is 3.69. The second-order valence-electron chi connectivity index (χ2n) is 4.58. The summed E-state index contributed by atoms with van der Waals surface area (Å²) in [5, 5.41) is 15.2. The molecule has 17 heavy (non-hydrogen) atoms. The minimum atomic E-state index is -0.240. The summed E-state index contributed by atoms with van der Waals surface area (Å²) in [6.07, 6.45) is 0.918. The molecular weight excluding hydrogens is 216 g/mol. The van der Waals surface area contributed by atoms with Crippen molar-refractivity contribution in [2.24, 2.45) is 0 Å². The van der Waals surface area contributed by atoms with Crippen molar-refractivity contribution < 1.29 is 4.79 Å². The zero-order chi connectivity index (χ0) is 12.8. The number of carbonyl (C=O) groups excluding carboxylic acids is 1. The molecule has 1 aliphatic heterocycles. The smallest absolute Gasteiger partial charge is 0.237 e. The summed E-state index contributed by atoms with van der Waals surface area (Å²) in [5.74, 6) is 0.0153. The second-order valence-corrected chi connectivity index (χ2v) is 4.58. The monoisotopic (exact) mass is 238 g/mol. The average molecular weight is 238 g/mol. The first-order chi connectivity index (χ1) is 8.10. The predicted octanol–water partition coefficient (Wildman–Crippen LogP) is 0.0870. The Labute approximate surface area is 103 Å². The Morgan fingerprint density at radius 2 is 2.35 bits per heavy atom. The quantitative estimate of drug-likeness (QED) is 0.728. The summed E-state index contributed by atoms with van der Waals surface area (Å²) in [7, 11) is 0. The molecule has 2 N–H and O–H groups in total. The van der Waals surface area contributed by atoms with Gasteiger partial charge in [-0.25, -0.2) is 0 Å². The van der Waals surface area contributed by atoms with Crippen LogP contribution in [0.5, 0.6) is 0 Å². The van der Waals surface area contributed by atoms with Gasteiger partial charge in [0.15, 0.2) is 0 Å². The van der Waals surface area contributed by atoms with Crippen LogP contribution in [-0.2, 0) is 4.79 Å². The van der Waals surface area contributed by atoms with Crippen molar-refractivity contribution in [2.75, 3.05) is 19.6 Å². The molecule has 5 heteroatoms. The van der Waals surface area contributed by atoms with Crippen LogP contribution >= 0.6 is 0 Å². The predicted molar refractivity (Wildman–Crippen MR) is 66.3 cm³/mol. The highest BCUT2D eigenvalue weighted by molar-refractivity contribution is 5.81. The van der Waals surface area contributed by atoms with Gasteiger partial charge in [0.05, 0.1) is 12.1 Å². The highest BCUT2D eigenvalue weighted by Gasteiger charge is 2.30. The molecule has 0 bridgehead atoms. The maximum atomic E-state index is 12.0. The second kappa shape index (κ2) is 6.58. The Hall–Kier alpha value is -1.12. The van der Waals surface area contributed by atoms with E-state index in [1.54, 1.807) is 0 Å². The lowest BCUT2D eigenvalue weighted by Crippen LogP contribution is -2.58. The van der Waals surface area contributed by atoms with Gasteiger partial charge in [-0.15, -0.1) is 0 Å². The summed E-state index contributed by atoms with van der Waals surface area (Å²) in [4.78, 5) is 14.0. The Morgan fingerprint density at radius 1 is 1.65 bits per heavy atom. The molecule has 0 spiro atoms. The number of nitrogens with one attached hydrogen (secondary N) is 2. The molecule has 1 amide bonds. The Morgan fingerprint density at radius 3 is 2.94 bits per heavy atom. The molecule has 1 aliphatic rings. The zero-order valence-corrected chi connectivity index (χ0v) is 10.9. The topological polar surface area (TPSA) is 68.2 Å². The molecule has 1 saturated heterocycles. The molecular formula is C12H22N4O. The fourth-order valence-corrected chi connectivity index (χ4v) is 1.92. The Bertz CT molecular complexity index is 299. The van der Waals surface area contributed by atoms with E-state index in [-0.39, 0.29) is 24.0 Å². The van der Waals surface area contributed by atoms with Crippen LogP contribution in [0.1, 0.15) is 27.2 Å². The van der Waals surface area contributed by atoms with E-state index in [1.165, 1.54) is 0 Å². The summed E-state index contributed by atoms with van der Waals surface area (Å²) < 4.78 is 0. The maximum Gasteiger partial charge on any atom is 0.237 e. The number of nitriles is 1. The van der Waals surface area contributed by atoms with Crippen molar-refractivity contribution in [3.05, 3.63) is 0 Å². The van der Waals surface area contributed by atoms with E-state index >= 15 is 0 Å². The van der Waals surface area contributed by atoms with Gasteiger partial charge < -0.3 is 10.6 Å². The SMILES string of the molecule is CCC(C)NC(=O)C(C)N1CCNCC1C#N. The number of hydrogen-bond donors (Lipinski definition) is 2. The molecule has 0 aromatic carbocycles. The lowest BCUT2D eigenvalue weighted by molar-refractivity contribution is -0.127. The van der Waals surface area contributed by atoms with Crippen LogP contribution in [0.25, 0.3) is 0 Å². The van der Waals surface area contributed by atoms with Crippen LogP contribution in [0.2, 0.25) is 0 Å². The van der Waals surface area contributed by atoms with Crippen LogP contribution in [0.4, 0.5) is 0 Å². The van der Waals surface area contributed by atoms with Crippen LogP contribution in [-0.4, -0.2) is 48.6 Å². The molecule has 0 saturated carbocycles. The molecule has 1 heterocycles. The zero-order valence-electron chi connectivity index (χ0n) is 10.9. The van der Waals surface area contributed by atoms with Gasteiger partial charge in [-0.05, 0) is 20.3 Å². The maximum absolute atomic E-state index is 12.0. The summed E-state index contributed by atoms with van der Waals surface area (Å²) in [5.41, 5.74) is 0. The number of nitrogens with zero attached hydrogens (tertiary/aromatic N) is 2. The highest BCUT2D eigenvalue weighted by Crippen LogP contribution is 2.08. The van der Waals surface area contributed by atoms with Crippen LogP contribution < -0.4 is 10.6 Å². The number of hydrogen-bond acceptors (Lipinski definition) is 4. The number of piperazine rings is 1. The molecule has 0 aliphatic carbocycles. The summed E-state index contributed by atoms with van der Waals surface area (Å²) >= 11 is 0. The van der Waals surface area contributed by atoms with Gasteiger partial charge in [0, 0.05) is 25.7 Å². The molecule has 0 aromatic heterocycles. The molecule has 0 aromatic rings. The fraction of sp³-hybridized carbons (Fsp3) is 0.833. The number of rotatable bonds is 4. The first kappa shape index (κ1) is 13.9. The van der Waals surface area contributed by atoms with Crippen molar-refractivity contribution in [2.45, 2.75) is 45.3 Å². The van der Waals surface area contributed by atoms with Gasteiger partial charge in [0.1, 0.15) is 6.04 Å². The Balaban J connectivity index is 2.58. The lowest BCUT2D eigenvalue weighted by Gasteiger charge is -2.36. The molecule has 1 fully saturated rings. The third-order valence-electron chi connectivity index (χ3n) is 3.31. The minimum Gasteiger partial charge on any atom is -0.352 e. The summed E-state index contributed by atoms with van der Waals surface area (Å²) in [6, 6.07) is 1.98. The van der Waals surface area contributed by atoms with E-state index in [4.69, 9.17) is 5.26 Å². The lowest BCUT2D eigenvalue weighted by atomic mass is 10.1. The van der Waals surface area contributed by atoms with E-state index in [1.807, 2.05) is 25.7 Å². The van der Waals surface area contributed by atoms with Gasteiger partial charge in [-0.2, -0.15) is 5.26 Å². The molecule has 0 radical (unpaired) electrons. The van der Waals surface area contributed by atoms with E-state index in [0.29, 0.717) is 6.54 Å². The van der Waals surface area contributed by atoms with E-state index < -0.39 is 0 Å². The van der Waals surface area contributed by atoms with Crippen molar-refractivity contribution >= 4 is 5.91 Å². The van der Waals surface area contributed by atoms with Crippen LogP contribution in [0, 0.1) is 11.3 Å². The first-order valence-electron chi connectivity index (χ1n) is 6.26. The average Bonchev–Trinajstić information content (AvgIpc) is 2.37. The minimum absolute atomic E-state index is 0.0153. The van der Waals surface area contributed by atoms with Gasteiger partial charge in [0.2, 0.25) is 5.91 Å². The van der Waals surface area contributed by atoms with E-state index in [9.17, 15) is 4.79 Å². The van der Waals surface area contributed by atoms with Gasteiger partial charge in [-0.1, -0.05) is 6.92 Å². The van der Waals surface area contributed by atoms with E-state index in [0.717, 1.165) is 19.5 Å². The van der Waals surface area contributed by atoms with Gasteiger partial charge >= 0.3 is 0 Å². The fourth-order valence-electron chi connectivity index (χ4n) is 1.92. The van der Waals surface area contributed by atoms with Gasteiger partial charge in [-0.3, -0.25) is 9.69 Å². The number of carbonyl (C=O) groups is 1. The van der Waals surface area contributed by atoms with Crippen LogP contribution in [0.3, 0.4) is 0 Å². The third-order valence-corrected chi connectivity index (χ3v) is 3.31. The molecule has 96 valence electrons. The number of amides is 1. The van der Waals surface area contributed by atoms with Gasteiger partial charge in [0.25, 0.3) is 0 Å². The van der Waals surface area contributed by atoms with Crippen LogP contribution in [0.15, 0.2) is 0 Å². The highest BCUT2D eigenvalue weighted by atomic mass is 16.2. The standard InChI is InChI=1S/C12H22N4O/c1-4-9(2)15-12(17)10(3)16-6-5-14-8-11(16)7-13/h9-11,14H,4-6,8H2,1-3H3,(H,15,17). The largest absolute Gasteiger partial charge is 0.352 e. The van der Waals surface area contributed by atoms with Crippen molar-refractivity contribution in [1.29, 1.82) is 5.26 Å². The normalized spacial score (nSPS) is 24.7.